The van der Waals surface area contributed by atoms with Crippen LogP contribution in [0.5, 0.6) is 11.5 Å². The molecular formula is C61H80N8O10. The number of likely N-dealkylation sites (tertiary alicyclic amines) is 3. The predicted octanol–water partition coefficient (Wildman–Crippen LogP) is 7.56. The Labute approximate surface area is 464 Å². The van der Waals surface area contributed by atoms with Crippen molar-refractivity contribution in [3.05, 3.63) is 94.9 Å². The van der Waals surface area contributed by atoms with Gasteiger partial charge >= 0.3 is 6.09 Å². The van der Waals surface area contributed by atoms with Crippen LogP contribution in [-0.2, 0) is 39.9 Å². The second-order valence-corrected chi connectivity index (χ2v) is 22.8. The number of pyridine rings is 2. The van der Waals surface area contributed by atoms with Crippen LogP contribution in [0, 0.1) is 18.8 Å². The third-order valence-electron chi connectivity index (χ3n) is 17.7. The quantitative estimate of drug-likeness (QED) is 0.0825. The van der Waals surface area contributed by atoms with Crippen LogP contribution in [0.1, 0.15) is 136 Å². The van der Waals surface area contributed by atoms with Crippen molar-refractivity contribution in [2.24, 2.45) is 11.8 Å². The molecule has 2 aromatic carbocycles. The van der Waals surface area contributed by atoms with Crippen molar-refractivity contribution in [1.82, 2.24) is 40.2 Å². The number of nitrogens with one attached hydrogen (secondary N) is 2. The highest BCUT2D eigenvalue weighted by Crippen LogP contribution is 2.40. The van der Waals surface area contributed by atoms with Crippen molar-refractivity contribution in [3.8, 4) is 11.5 Å². The Kier molecular flexibility index (Phi) is 18.3. The Morgan fingerprint density at radius 2 is 1.59 bits per heavy atom. The summed E-state index contributed by atoms with van der Waals surface area (Å²) in [6.07, 6.45) is 13.3. The van der Waals surface area contributed by atoms with Gasteiger partial charge in [-0.3, -0.25) is 34.0 Å². The van der Waals surface area contributed by atoms with E-state index in [9.17, 15) is 24.0 Å². The van der Waals surface area contributed by atoms with Crippen LogP contribution in [0.4, 0.5) is 4.79 Å². The van der Waals surface area contributed by atoms with Crippen molar-refractivity contribution in [1.29, 1.82) is 0 Å². The van der Waals surface area contributed by atoms with Crippen LogP contribution in [0.3, 0.4) is 0 Å². The largest absolute Gasteiger partial charge is 0.497 e. The zero-order valence-corrected chi connectivity index (χ0v) is 46.6. The Hall–Kier alpha value is -6.37. The maximum atomic E-state index is 14.0. The minimum absolute atomic E-state index is 0.0296. The minimum Gasteiger partial charge on any atom is -0.497 e. The second kappa shape index (κ2) is 25.8. The lowest BCUT2D eigenvalue weighted by Crippen LogP contribution is -2.45. The molecule has 18 nitrogen and oxygen atoms in total. The second-order valence-electron chi connectivity index (χ2n) is 22.8. The molecule has 0 spiro atoms. The summed E-state index contributed by atoms with van der Waals surface area (Å²) in [6, 6.07) is 17.9. The lowest BCUT2D eigenvalue weighted by atomic mass is 9.85. The lowest BCUT2D eigenvalue weighted by Gasteiger charge is -2.35. The number of carbonyl (C=O) groups is 5. The van der Waals surface area contributed by atoms with Crippen LogP contribution in [0.25, 0.3) is 10.9 Å². The SMILES string of the molecule is COc1ccc2nc(C3CCN(C(=O)C4CCC(NC(=O)CCCOC5CCC(OCCNC(=O)[C@H]6CC(=O)N(C)[C@@H]6c6cccnc6)CC5)CC4)C3)cc([C@H]3CN(C4CCN(Cc5ccc(OC)c(C)c5)CC4)C(=O)O3)c2c1. The van der Waals surface area contributed by atoms with Gasteiger partial charge in [-0.1, -0.05) is 18.2 Å². The van der Waals surface area contributed by atoms with Gasteiger partial charge in [0.1, 0.15) is 17.6 Å². The number of piperidine rings is 1. The average molecular weight is 1090 g/mol. The monoisotopic (exact) mass is 1080 g/mol. The highest BCUT2D eigenvalue weighted by atomic mass is 16.6. The summed E-state index contributed by atoms with van der Waals surface area (Å²) in [5.41, 5.74) is 5.89. The molecule has 4 atom stereocenters. The number of amides is 5. The molecule has 4 aliphatic heterocycles. The first-order chi connectivity index (χ1) is 38.4. The predicted molar refractivity (Wildman–Crippen MR) is 296 cm³/mol. The van der Waals surface area contributed by atoms with Gasteiger partial charge in [-0.15, -0.1) is 0 Å². The Morgan fingerprint density at radius 1 is 0.823 bits per heavy atom. The number of hydrogen-bond acceptors (Lipinski definition) is 13. The molecule has 6 fully saturated rings. The Balaban J connectivity index is 0.619. The number of fused-ring (bicyclic) bond motifs is 1. The van der Waals surface area contributed by atoms with Gasteiger partial charge < -0.3 is 49.0 Å². The van der Waals surface area contributed by atoms with E-state index in [0.717, 1.165) is 129 Å². The van der Waals surface area contributed by atoms with Crippen LogP contribution < -0.4 is 20.1 Å². The fourth-order valence-corrected chi connectivity index (χ4v) is 13.2. The molecular weight excluding hydrogens is 1000 g/mol. The summed E-state index contributed by atoms with van der Waals surface area (Å²) in [5.74, 6) is 1.14. The van der Waals surface area contributed by atoms with E-state index in [1.165, 1.54) is 5.56 Å². The molecule has 4 aromatic rings. The number of hydrogen-bond donors (Lipinski definition) is 2. The van der Waals surface area contributed by atoms with Gasteiger partial charge in [0.2, 0.25) is 23.6 Å². The van der Waals surface area contributed by atoms with Crippen molar-refractivity contribution >= 4 is 40.6 Å². The normalized spacial score (nSPS) is 25.9. The van der Waals surface area contributed by atoms with Crippen molar-refractivity contribution in [3.63, 3.8) is 0 Å². The molecule has 2 saturated carbocycles. The molecule has 5 amide bonds. The summed E-state index contributed by atoms with van der Waals surface area (Å²) >= 11 is 0. The number of ether oxygens (including phenoxy) is 5. The van der Waals surface area contributed by atoms with Gasteiger partial charge in [-0.05, 0) is 137 Å². The van der Waals surface area contributed by atoms with Crippen LogP contribution >= 0.6 is 0 Å². The lowest BCUT2D eigenvalue weighted by molar-refractivity contribution is -0.135. The van der Waals surface area contributed by atoms with E-state index in [4.69, 9.17) is 28.7 Å². The molecule has 4 saturated heterocycles. The summed E-state index contributed by atoms with van der Waals surface area (Å²) in [4.78, 5) is 83.6. The van der Waals surface area contributed by atoms with Gasteiger partial charge in [-0.25, -0.2) is 4.79 Å². The molecule has 18 heteroatoms. The number of carbonyl (C=O) groups excluding carboxylic acids is 5. The number of rotatable bonds is 20. The third-order valence-corrected chi connectivity index (χ3v) is 17.7. The smallest absolute Gasteiger partial charge is 0.410 e. The van der Waals surface area contributed by atoms with E-state index in [1.807, 2.05) is 46.2 Å². The van der Waals surface area contributed by atoms with Gasteiger partial charge in [0.05, 0.1) is 57.1 Å². The van der Waals surface area contributed by atoms with Crippen LogP contribution in [0.15, 0.2) is 67.0 Å². The van der Waals surface area contributed by atoms with E-state index in [0.29, 0.717) is 58.0 Å². The van der Waals surface area contributed by atoms with Crippen molar-refractivity contribution in [2.75, 3.05) is 73.7 Å². The number of aryl methyl sites for hydroxylation is 1. The summed E-state index contributed by atoms with van der Waals surface area (Å²) in [7, 11) is 5.08. The highest BCUT2D eigenvalue weighted by Gasteiger charge is 2.43. The molecule has 0 radical (unpaired) electrons. The van der Waals surface area contributed by atoms with Crippen molar-refractivity contribution in [2.45, 2.75) is 146 Å². The Bertz CT molecular complexity index is 2780. The molecule has 0 bridgehead atoms. The molecule has 6 aliphatic rings. The van der Waals surface area contributed by atoms with E-state index in [2.05, 4.69) is 45.6 Å². The fraction of sp³-hybridized carbons (Fsp3) is 0.590. The first-order valence-corrected chi connectivity index (χ1v) is 29.0. The Morgan fingerprint density at radius 3 is 2.32 bits per heavy atom. The minimum atomic E-state index is -0.469. The summed E-state index contributed by atoms with van der Waals surface area (Å²) < 4.78 is 29.6. The maximum Gasteiger partial charge on any atom is 0.410 e. The van der Waals surface area contributed by atoms with Gasteiger partial charge in [0.15, 0.2) is 0 Å². The molecule has 1 unspecified atom stereocenters. The molecule has 2 aliphatic carbocycles. The van der Waals surface area contributed by atoms with Gasteiger partial charge in [0.25, 0.3) is 0 Å². The van der Waals surface area contributed by atoms with Crippen molar-refractivity contribution < 1.29 is 47.7 Å². The molecule has 424 valence electrons. The first kappa shape index (κ1) is 55.9. The molecule has 6 heterocycles. The average Bonchev–Trinajstić information content (AvgIpc) is 4.38. The first-order valence-electron chi connectivity index (χ1n) is 29.0. The number of methoxy groups -OCH3 is 2. The fourth-order valence-electron chi connectivity index (χ4n) is 13.2. The van der Waals surface area contributed by atoms with Crippen LogP contribution in [0.2, 0.25) is 0 Å². The van der Waals surface area contributed by atoms with E-state index in [-0.39, 0.29) is 78.3 Å². The van der Waals surface area contributed by atoms with E-state index < -0.39 is 12.0 Å². The van der Waals surface area contributed by atoms with Gasteiger partial charge in [0, 0.05) is 119 Å². The number of aromatic nitrogens is 2. The summed E-state index contributed by atoms with van der Waals surface area (Å²) in [5, 5.41) is 7.12. The third kappa shape index (κ3) is 13.5. The standard InChI is InChI=1S/C61H80N8O10/c1-39-31-40(9-20-54(39)76-4)36-67-26-22-45(23-27-67)69-38-55(79-61(69)74)50-33-53(65-52-19-18-48(75-3)32-49(50)52)43-21-28-68(37-43)60(73)41-10-12-44(13-11-41)64-56(70)8-6-29-77-46-14-16-47(17-15-46)78-30-25-63-59(72)51-34-57(71)66(2)58(51)42-7-5-24-62-35-42/h5,7,9,18-20,24,31-33,35,41,43-47,51,55,58H,6,8,10-17,21-23,25-30,34,36-38H2,1-4H3,(H,63,72)(H,64,70)/t41?,43?,44?,46?,47?,51-,55+,58+/m0/s1. The number of nitrogens with zero attached hydrogens (tertiary/aromatic N) is 6. The van der Waals surface area contributed by atoms with Crippen LogP contribution in [-0.4, -0.2) is 157 Å². The molecule has 10 rings (SSSR count). The zero-order chi connectivity index (χ0) is 55.0. The molecule has 79 heavy (non-hydrogen) atoms. The number of cyclic esters (lactones) is 1. The molecule has 2 aromatic heterocycles. The molecule has 2 N–H and O–H groups in total. The highest BCUT2D eigenvalue weighted by molar-refractivity contribution is 5.90. The maximum absolute atomic E-state index is 14.0. The zero-order valence-electron chi connectivity index (χ0n) is 46.6. The van der Waals surface area contributed by atoms with Gasteiger partial charge in [-0.2, -0.15) is 0 Å². The summed E-state index contributed by atoms with van der Waals surface area (Å²) in [6.45, 7) is 7.76. The topological polar surface area (TPSA) is 194 Å². The van der Waals surface area contributed by atoms with E-state index >= 15 is 0 Å². The van der Waals surface area contributed by atoms with E-state index in [1.54, 1.807) is 38.6 Å². The number of benzene rings is 2.